The number of ether oxygens (including phenoxy) is 2. The van der Waals surface area contributed by atoms with E-state index in [9.17, 15) is 9.59 Å². The zero-order valence-electron chi connectivity index (χ0n) is 17.9. The maximum absolute atomic E-state index is 11.9. The summed E-state index contributed by atoms with van der Waals surface area (Å²) < 4.78 is 10.8. The van der Waals surface area contributed by atoms with E-state index in [1.54, 1.807) is 0 Å². The molecule has 0 unspecified atom stereocenters. The highest BCUT2D eigenvalue weighted by Gasteiger charge is 2.21. The monoisotopic (exact) mass is 370 g/mol. The van der Waals surface area contributed by atoms with Gasteiger partial charge in [-0.1, -0.05) is 79.6 Å². The van der Waals surface area contributed by atoms with Gasteiger partial charge in [0.15, 0.2) is 0 Å². The third kappa shape index (κ3) is 14.1. The van der Waals surface area contributed by atoms with Crippen molar-refractivity contribution in [2.45, 2.75) is 111 Å². The maximum atomic E-state index is 11.9. The molecule has 0 amide bonds. The molecule has 0 saturated heterocycles. The highest BCUT2D eigenvalue weighted by molar-refractivity contribution is 5.72. The van der Waals surface area contributed by atoms with Crippen molar-refractivity contribution >= 4 is 11.9 Å². The lowest BCUT2D eigenvalue weighted by Crippen LogP contribution is -2.28. The van der Waals surface area contributed by atoms with Crippen LogP contribution in [-0.2, 0) is 19.1 Å². The first kappa shape index (κ1) is 24.9. The number of esters is 2. The Morgan fingerprint density at radius 3 is 1.73 bits per heavy atom. The molecule has 0 N–H and O–H groups in total. The van der Waals surface area contributed by atoms with Crippen LogP contribution < -0.4 is 0 Å². The first-order chi connectivity index (χ1) is 12.4. The second kappa shape index (κ2) is 16.1. The summed E-state index contributed by atoms with van der Waals surface area (Å²) in [6.07, 6.45) is 10.8. The lowest BCUT2D eigenvalue weighted by atomic mass is 9.96. The highest BCUT2D eigenvalue weighted by atomic mass is 16.5. The molecule has 4 heteroatoms. The van der Waals surface area contributed by atoms with Crippen molar-refractivity contribution in [3.63, 3.8) is 0 Å². The van der Waals surface area contributed by atoms with Gasteiger partial charge in [-0.25, -0.2) is 0 Å². The second-order valence-corrected chi connectivity index (χ2v) is 7.99. The molecule has 0 aromatic rings. The molecule has 0 atom stereocenters. The van der Waals surface area contributed by atoms with Crippen LogP contribution in [-0.4, -0.2) is 24.6 Å². The van der Waals surface area contributed by atoms with E-state index in [4.69, 9.17) is 9.47 Å². The van der Waals surface area contributed by atoms with Crippen molar-refractivity contribution < 1.29 is 19.1 Å². The van der Waals surface area contributed by atoms with Crippen LogP contribution >= 0.6 is 0 Å². The minimum Gasteiger partial charge on any atom is -0.466 e. The minimum atomic E-state index is -0.215. The summed E-state index contributed by atoms with van der Waals surface area (Å²) >= 11 is 0. The van der Waals surface area contributed by atoms with E-state index >= 15 is 0 Å². The van der Waals surface area contributed by atoms with Crippen molar-refractivity contribution in [2.24, 2.45) is 11.8 Å². The van der Waals surface area contributed by atoms with Crippen LogP contribution in [0.1, 0.15) is 105 Å². The van der Waals surface area contributed by atoms with E-state index in [-0.39, 0.29) is 24.5 Å². The first-order valence-corrected chi connectivity index (χ1v) is 10.7. The van der Waals surface area contributed by atoms with Gasteiger partial charge in [-0.3, -0.25) is 9.59 Å². The molecule has 0 radical (unpaired) electrons. The fraction of sp³-hybridized carbons (Fsp3) is 0.909. The molecule has 26 heavy (non-hydrogen) atoms. The van der Waals surface area contributed by atoms with Crippen LogP contribution in [0.3, 0.4) is 0 Å². The van der Waals surface area contributed by atoms with Crippen LogP contribution in [0.4, 0.5) is 0 Å². The number of unbranched alkanes of at least 4 members (excludes halogenated alkanes) is 7. The van der Waals surface area contributed by atoms with Crippen molar-refractivity contribution in [3.05, 3.63) is 0 Å². The predicted molar refractivity (Wildman–Crippen MR) is 107 cm³/mol. The smallest absolute Gasteiger partial charge is 0.306 e. The number of hydrogen-bond donors (Lipinski definition) is 0. The summed E-state index contributed by atoms with van der Waals surface area (Å²) in [6.45, 7) is 11.0. The molecule has 0 aromatic carbocycles. The van der Waals surface area contributed by atoms with Crippen molar-refractivity contribution in [2.75, 3.05) is 6.61 Å². The molecule has 0 rings (SSSR count). The minimum absolute atomic E-state index is 0.0589. The first-order valence-electron chi connectivity index (χ1n) is 10.7. The average Bonchev–Trinajstić information content (AvgIpc) is 2.57. The normalized spacial score (nSPS) is 11.4. The zero-order chi connectivity index (χ0) is 19.8. The van der Waals surface area contributed by atoms with Crippen molar-refractivity contribution in [1.29, 1.82) is 0 Å². The number of carbonyl (C=O) groups is 2. The van der Waals surface area contributed by atoms with Crippen LogP contribution in [0, 0.1) is 11.8 Å². The molecule has 0 aliphatic heterocycles. The molecule has 0 heterocycles. The molecule has 0 aliphatic carbocycles. The van der Waals surface area contributed by atoms with E-state index in [1.807, 2.05) is 0 Å². The lowest BCUT2D eigenvalue weighted by Gasteiger charge is -2.24. The van der Waals surface area contributed by atoms with Crippen LogP contribution in [0.25, 0.3) is 0 Å². The Morgan fingerprint density at radius 2 is 1.19 bits per heavy atom. The topological polar surface area (TPSA) is 52.6 Å². The largest absolute Gasteiger partial charge is 0.466 e. The molecule has 0 aliphatic rings. The molecule has 0 fully saturated rings. The van der Waals surface area contributed by atoms with Crippen LogP contribution in [0.5, 0.6) is 0 Å². The highest BCUT2D eigenvalue weighted by Crippen LogP contribution is 2.17. The Kier molecular flexibility index (Phi) is 15.5. The third-order valence-corrected chi connectivity index (χ3v) is 4.60. The van der Waals surface area contributed by atoms with E-state index in [0.717, 1.165) is 12.8 Å². The van der Waals surface area contributed by atoms with E-state index < -0.39 is 0 Å². The van der Waals surface area contributed by atoms with E-state index in [1.165, 1.54) is 38.5 Å². The van der Waals surface area contributed by atoms with Gasteiger partial charge in [0.1, 0.15) is 6.10 Å². The molecule has 0 spiro atoms. The van der Waals surface area contributed by atoms with E-state index in [0.29, 0.717) is 31.3 Å². The predicted octanol–water partition coefficient (Wildman–Crippen LogP) is 6.06. The standard InChI is InChI=1S/C22H42O4/c1-6-7-8-9-10-11-12-13-17-25-20(23)15-14-16-21(24)26-22(18(2)3)19(4)5/h18-19,22H,6-17H2,1-5H3. The van der Waals surface area contributed by atoms with Gasteiger partial charge in [-0.05, 0) is 24.7 Å². The summed E-state index contributed by atoms with van der Waals surface area (Å²) in [5.41, 5.74) is 0. The zero-order valence-corrected chi connectivity index (χ0v) is 17.9. The third-order valence-electron chi connectivity index (χ3n) is 4.60. The molecular weight excluding hydrogens is 328 g/mol. The Bertz CT molecular complexity index is 355. The number of carbonyl (C=O) groups excluding carboxylic acids is 2. The van der Waals surface area contributed by atoms with Crippen LogP contribution in [0.2, 0.25) is 0 Å². The maximum Gasteiger partial charge on any atom is 0.306 e. The van der Waals surface area contributed by atoms with Gasteiger partial charge in [-0.2, -0.15) is 0 Å². The van der Waals surface area contributed by atoms with Gasteiger partial charge >= 0.3 is 11.9 Å². The summed E-state index contributed by atoms with van der Waals surface area (Å²) in [7, 11) is 0. The quantitative estimate of drug-likeness (QED) is 0.245. The van der Waals surface area contributed by atoms with Crippen LogP contribution in [0.15, 0.2) is 0 Å². The van der Waals surface area contributed by atoms with Gasteiger partial charge in [-0.15, -0.1) is 0 Å². The molecular formula is C22H42O4. The summed E-state index contributed by atoms with van der Waals surface area (Å²) in [4.78, 5) is 23.6. The Balaban J connectivity index is 3.60. The van der Waals surface area contributed by atoms with E-state index in [2.05, 4.69) is 34.6 Å². The van der Waals surface area contributed by atoms with Gasteiger partial charge in [0, 0.05) is 12.8 Å². The second-order valence-electron chi connectivity index (χ2n) is 7.99. The SMILES string of the molecule is CCCCCCCCCCOC(=O)CCCC(=O)OC(C(C)C)C(C)C. The number of hydrogen-bond acceptors (Lipinski definition) is 4. The molecule has 0 bridgehead atoms. The fourth-order valence-electron chi connectivity index (χ4n) is 3.12. The van der Waals surface area contributed by atoms with Crippen molar-refractivity contribution in [3.8, 4) is 0 Å². The molecule has 4 nitrogen and oxygen atoms in total. The Morgan fingerprint density at radius 1 is 0.692 bits per heavy atom. The average molecular weight is 371 g/mol. The summed E-state index contributed by atoms with van der Waals surface area (Å²) in [5.74, 6) is 0.185. The fourth-order valence-corrected chi connectivity index (χ4v) is 3.12. The van der Waals surface area contributed by atoms with Gasteiger partial charge in [0.25, 0.3) is 0 Å². The van der Waals surface area contributed by atoms with Gasteiger partial charge < -0.3 is 9.47 Å². The van der Waals surface area contributed by atoms with Crippen molar-refractivity contribution in [1.82, 2.24) is 0 Å². The summed E-state index contributed by atoms with van der Waals surface area (Å²) in [6, 6.07) is 0. The van der Waals surface area contributed by atoms with Gasteiger partial charge in [0.05, 0.1) is 6.61 Å². The molecule has 0 aromatic heterocycles. The lowest BCUT2D eigenvalue weighted by molar-refractivity contribution is -0.154. The number of rotatable bonds is 16. The van der Waals surface area contributed by atoms with Gasteiger partial charge in [0.2, 0.25) is 0 Å². The Labute approximate surface area is 161 Å². The molecule has 154 valence electrons. The molecule has 0 saturated carbocycles. The summed E-state index contributed by atoms with van der Waals surface area (Å²) in [5, 5.41) is 0. The Hall–Kier alpha value is -1.06.